The van der Waals surface area contributed by atoms with Crippen molar-refractivity contribution in [1.82, 2.24) is 0 Å². The lowest BCUT2D eigenvalue weighted by Gasteiger charge is -2.07. The molecule has 0 saturated carbocycles. The Morgan fingerprint density at radius 1 is 1.29 bits per heavy atom. The molecule has 0 bridgehead atoms. The van der Waals surface area contributed by atoms with Gasteiger partial charge in [0.2, 0.25) is 0 Å². The molecular formula is C16H12ClFO3. The molecule has 0 unspecified atom stereocenters. The highest BCUT2D eigenvalue weighted by molar-refractivity contribution is 6.30. The Morgan fingerprint density at radius 3 is 2.81 bits per heavy atom. The summed E-state index contributed by atoms with van der Waals surface area (Å²) in [6.45, 7) is 0.195. The zero-order valence-corrected chi connectivity index (χ0v) is 11.7. The minimum absolute atomic E-state index is 0.0690. The molecule has 0 atom stereocenters. The summed E-state index contributed by atoms with van der Waals surface area (Å²) >= 11 is 5.61. The zero-order valence-electron chi connectivity index (χ0n) is 10.9. The van der Waals surface area contributed by atoms with Crippen molar-refractivity contribution in [2.24, 2.45) is 0 Å². The Kier molecular flexibility index (Phi) is 4.95. The molecule has 0 amide bonds. The standard InChI is InChI=1S/C16H12ClFO3/c17-14-6-4-12(9-15(14)18)10-21-13-3-1-2-11(8-13)5-7-16(19)20/h1-9H,10H2,(H,19,20)/b7-5+. The number of ether oxygens (including phenoxy) is 1. The maximum absolute atomic E-state index is 13.3. The van der Waals surface area contributed by atoms with E-state index in [1.54, 1.807) is 30.3 Å². The molecule has 21 heavy (non-hydrogen) atoms. The second-order valence-corrected chi connectivity index (χ2v) is 4.69. The highest BCUT2D eigenvalue weighted by Gasteiger charge is 2.02. The van der Waals surface area contributed by atoms with Gasteiger partial charge in [0.05, 0.1) is 5.02 Å². The van der Waals surface area contributed by atoms with Crippen molar-refractivity contribution in [1.29, 1.82) is 0 Å². The Labute approximate surface area is 126 Å². The Bertz CT molecular complexity index is 683. The summed E-state index contributed by atoms with van der Waals surface area (Å²) in [5, 5.41) is 8.65. The Hall–Kier alpha value is -2.33. The molecule has 0 aliphatic rings. The van der Waals surface area contributed by atoms with Crippen LogP contribution in [0.15, 0.2) is 48.5 Å². The summed E-state index contributed by atoms with van der Waals surface area (Å²) in [7, 11) is 0. The van der Waals surface area contributed by atoms with Gasteiger partial charge in [0, 0.05) is 6.08 Å². The number of aliphatic carboxylic acids is 1. The van der Waals surface area contributed by atoms with Crippen molar-refractivity contribution in [3.05, 3.63) is 70.5 Å². The van der Waals surface area contributed by atoms with Crippen molar-refractivity contribution >= 4 is 23.6 Å². The fourth-order valence-corrected chi connectivity index (χ4v) is 1.79. The van der Waals surface area contributed by atoms with Crippen LogP contribution in [0.3, 0.4) is 0 Å². The number of carbonyl (C=O) groups is 1. The van der Waals surface area contributed by atoms with Gasteiger partial charge in [0.15, 0.2) is 0 Å². The highest BCUT2D eigenvalue weighted by atomic mass is 35.5. The smallest absolute Gasteiger partial charge is 0.328 e. The fraction of sp³-hybridized carbons (Fsp3) is 0.0625. The molecule has 2 aromatic carbocycles. The second kappa shape index (κ2) is 6.90. The third kappa shape index (κ3) is 4.61. The number of hydrogen-bond donors (Lipinski definition) is 1. The number of benzene rings is 2. The summed E-state index contributed by atoms with van der Waals surface area (Å²) in [5.41, 5.74) is 1.36. The summed E-state index contributed by atoms with van der Waals surface area (Å²) in [4.78, 5) is 10.5. The third-order valence-electron chi connectivity index (χ3n) is 2.67. The molecular weight excluding hydrogens is 295 g/mol. The number of halogens is 2. The van der Waals surface area contributed by atoms with Crippen molar-refractivity contribution in [2.45, 2.75) is 6.61 Å². The summed E-state index contributed by atoms with van der Waals surface area (Å²) in [5.74, 6) is -0.938. The van der Waals surface area contributed by atoms with E-state index in [4.69, 9.17) is 21.4 Å². The van der Waals surface area contributed by atoms with Crippen LogP contribution in [-0.4, -0.2) is 11.1 Å². The van der Waals surface area contributed by atoms with E-state index < -0.39 is 11.8 Å². The minimum atomic E-state index is -1.02. The first kappa shape index (κ1) is 15.1. The summed E-state index contributed by atoms with van der Waals surface area (Å²) in [6.07, 6.45) is 2.52. The van der Waals surface area contributed by atoms with Crippen LogP contribution < -0.4 is 4.74 Å². The first-order valence-corrected chi connectivity index (χ1v) is 6.50. The maximum Gasteiger partial charge on any atom is 0.328 e. The number of rotatable bonds is 5. The predicted molar refractivity (Wildman–Crippen MR) is 78.9 cm³/mol. The van der Waals surface area contributed by atoms with Crippen LogP contribution in [0.4, 0.5) is 4.39 Å². The van der Waals surface area contributed by atoms with Crippen LogP contribution in [0.5, 0.6) is 5.75 Å². The van der Waals surface area contributed by atoms with Gasteiger partial charge < -0.3 is 9.84 Å². The van der Waals surface area contributed by atoms with E-state index in [0.717, 1.165) is 6.08 Å². The maximum atomic E-state index is 13.3. The molecule has 0 aromatic heterocycles. The van der Waals surface area contributed by atoms with Gasteiger partial charge in [-0.2, -0.15) is 0 Å². The second-order valence-electron chi connectivity index (χ2n) is 4.28. The first-order chi connectivity index (χ1) is 10.0. The van der Waals surface area contributed by atoms with E-state index in [0.29, 0.717) is 16.9 Å². The van der Waals surface area contributed by atoms with Crippen LogP contribution in [0.2, 0.25) is 5.02 Å². The zero-order chi connectivity index (χ0) is 15.2. The molecule has 0 saturated heterocycles. The molecule has 0 spiro atoms. The number of carboxylic acid groups (broad SMARTS) is 1. The van der Waals surface area contributed by atoms with Crippen LogP contribution in [0.25, 0.3) is 6.08 Å². The van der Waals surface area contributed by atoms with Crippen molar-refractivity contribution in [2.75, 3.05) is 0 Å². The highest BCUT2D eigenvalue weighted by Crippen LogP contribution is 2.19. The average Bonchev–Trinajstić information content (AvgIpc) is 2.47. The van der Waals surface area contributed by atoms with Gasteiger partial charge in [-0.15, -0.1) is 0 Å². The van der Waals surface area contributed by atoms with E-state index in [2.05, 4.69) is 0 Å². The average molecular weight is 307 g/mol. The lowest BCUT2D eigenvalue weighted by atomic mass is 10.2. The van der Waals surface area contributed by atoms with Crippen LogP contribution in [0, 0.1) is 5.82 Å². The van der Waals surface area contributed by atoms with Crippen LogP contribution in [-0.2, 0) is 11.4 Å². The van der Waals surface area contributed by atoms with Crippen LogP contribution in [0.1, 0.15) is 11.1 Å². The molecule has 0 aliphatic carbocycles. The molecule has 0 heterocycles. The summed E-state index contributed by atoms with van der Waals surface area (Å²) < 4.78 is 18.8. The quantitative estimate of drug-likeness (QED) is 0.844. The summed E-state index contributed by atoms with van der Waals surface area (Å²) in [6, 6.07) is 11.4. The number of carboxylic acids is 1. The Morgan fingerprint density at radius 2 is 2.10 bits per heavy atom. The van der Waals surface area contributed by atoms with Crippen molar-refractivity contribution in [3.63, 3.8) is 0 Å². The van der Waals surface area contributed by atoms with E-state index >= 15 is 0 Å². The third-order valence-corrected chi connectivity index (χ3v) is 2.97. The van der Waals surface area contributed by atoms with Crippen molar-refractivity contribution < 1.29 is 19.0 Å². The molecule has 0 radical (unpaired) electrons. The SMILES string of the molecule is O=C(O)/C=C/c1cccc(OCc2ccc(Cl)c(F)c2)c1. The van der Waals surface area contributed by atoms with Gasteiger partial charge >= 0.3 is 5.97 Å². The Balaban J connectivity index is 2.04. The molecule has 3 nitrogen and oxygen atoms in total. The van der Waals surface area contributed by atoms with Gasteiger partial charge in [-0.1, -0.05) is 29.8 Å². The van der Waals surface area contributed by atoms with Gasteiger partial charge in [0.25, 0.3) is 0 Å². The molecule has 108 valence electrons. The fourth-order valence-electron chi connectivity index (χ4n) is 1.67. The molecule has 5 heteroatoms. The lowest BCUT2D eigenvalue weighted by Crippen LogP contribution is -1.96. The van der Waals surface area contributed by atoms with Crippen LogP contribution >= 0.6 is 11.6 Å². The van der Waals surface area contributed by atoms with Gasteiger partial charge in [-0.25, -0.2) is 9.18 Å². The van der Waals surface area contributed by atoms with E-state index in [-0.39, 0.29) is 11.6 Å². The largest absolute Gasteiger partial charge is 0.489 e. The van der Waals surface area contributed by atoms with E-state index in [9.17, 15) is 9.18 Å². The van der Waals surface area contributed by atoms with E-state index in [1.165, 1.54) is 18.2 Å². The normalized spacial score (nSPS) is 10.8. The van der Waals surface area contributed by atoms with Gasteiger partial charge in [-0.3, -0.25) is 0 Å². The van der Waals surface area contributed by atoms with Gasteiger partial charge in [0.1, 0.15) is 18.2 Å². The monoisotopic (exact) mass is 306 g/mol. The number of hydrogen-bond acceptors (Lipinski definition) is 2. The molecule has 2 aromatic rings. The van der Waals surface area contributed by atoms with Crippen molar-refractivity contribution in [3.8, 4) is 5.75 Å². The molecule has 0 fully saturated rings. The predicted octanol–water partition coefficient (Wildman–Crippen LogP) is 4.16. The topological polar surface area (TPSA) is 46.5 Å². The lowest BCUT2D eigenvalue weighted by molar-refractivity contribution is -0.131. The van der Waals surface area contributed by atoms with E-state index in [1.807, 2.05) is 0 Å². The van der Waals surface area contributed by atoms with Gasteiger partial charge in [-0.05, 0) is 41.5 Å². The molecule has 1 N–H and O–H groups in total. The molecule has 2 rings (SSSR count). The minimum Gasteiger partial charge on any atom is -0.489 e. The first-order valence-electron chi connectivity index (χ1n) is 6.12. The molecule has 0 aliphatic heterocycles.